The SMILES string of the molecule is [2H]C([2H])([2H])c1cc(C(C)(C)C)c[c-]c1-c1cc(CC2CCCC2)c([Si](C)(C)C)cn1.[Ir]. The number of benzene rings is 1. The Morgan fingerprint density at radius 1 is 1.18 bits per heavy atom. The van der Waals surface area contributed by atoms with Crippen LogP contribution in [0.4, 0.5) is 0 Å². The van der Waals surface area contributed by atoms with E-state index in [9.17, 15) is 0 Å². The molecule has 0 unspecified atom stereocenters. The van der Waals surface area contributed by atoms with E-state index in [-0.39, 0.29) is 25.5 Å². The molecule has 0 aliphatic heterocycles. The Kier molecular flexibility index (Phi) is 6.13. The van der Waals surface area contributed by atoms with Gasteiger partial charge in [-0.2, -0.15) is 0 Å². The minimum Gasteiger partial charge on any atom is -0.305 e. The van der Waals surface area contributed by atoms with Crippen LogP contribution in [0, 0.1) is 18.8 Å². The summed E-state index contributed by atoms with van der Waals surface area (Å²) < 4.78 is 24.4. The normalized spacial score (nSPS) is 17.6. The van der Waals surface area contributed by atoms with Gasteiger partial charge in [0.2, 0.25) is 0 Å². The van der Waals surface area contributed by atoms with Crippen molar-refractivity contribution in [2.45, 2.75) is 84.8 Å². The summed E-state index contributed by atoms with van der Waals surface area (Å²) in [5.41, 5.74) is 3.96. The number of nitrogens with zero attached hydrogens (tertiary/aromatic N) is 1. The second-order valence-corrected chi connectivity index (χ2v) is 15.3. The molecule has 0 bridgehead atoms. The molecule has 3 heteroatoms. The molecule has 0 N–H and O–H groups in total. The van der Waals surface area contributed by atoms with Crippen molar-refractivity contribution in [1.29, 1.82) is 0 Å². The van der Waals surface area contributed by atoms with Crippen molar-refractivity contribution in [2.75, 3.05) is 0 Å². The fourth-order valence-corrected chi connectivity index (χ4v) is 5.73. The molecule has 155 valence electrons. The molecule has 0 spiro atoms. The molecule has 1 nitrogen and oxygen atoms in total. The molecule has 1 saturated carbocycles. The van der Waals surface area contributed by atoms with Crippen LogP contribution in [-0.2, 0) is 31.9 Å². The van der Waals surface area contributed by atoms with Gasteiger partial charge in [-0.05, 0) is 28.6 Å². The van der Waals surface area contributed by atoms with Gasteiger partial charge in [-0.3, -0.25) is 0 Å². The van der Waals surface area contributed by atoms with E-state index < -0.39 is 14.9 Å². The number of hydrogen-bond acceptors (Lipinski definition) is 1. The first-order chi connectivity index (χ1) is 13.8. The predicted octanol–water partition coefficient (Wildman–Crippen LogP) is 6.43. The van der Waals surface area contributed by atoms with Crippen molar-refractivity contribution < 1.29 is 24.2 Å². The third-order valence-corrected chi connectivity index (χ3v) is 7.91. The fraction of sp³-hybridized carbons (Fsp3) is 0.560. The number of pyridine rings is 1. The minimum atomic E-state index is -2.20. The average Bonchev–Trinajstić information content (AvgIpc) is 3.11. The second-order valence-electron chi connectivity index (χ2n) is 10.3. The van der Waals surface area contributed by atoms with Crippen molar-refractivity contribution >= 4 is 13.3 Å². The summed E-state index contributed by atoms with van der Waals surface area (Å²) in [4.78, 5) is 4.77. The standard InChI is InChI=1S/C25H36NSi.Ir/c1-18-14-21(25(2,3)4)12-13-22(18)23-16-20(15-19-10-8-9-11-19)24(17-26-23)27(5,6)7;/h12,14,16-17,19H,8-11,15H2,1-7H3;/q-1;/i1D3;. The van der Waals surface area contributed by atoms with Gasteiger partial charge in [-0.15, -0.1) is 34.9 Å². The molecule has 0 amide bonds. The monoisotopic (exact) mass is 574 g/mol. The van der Waals surface area contributed by atoms with Crippen LogP contribution in [0.2, 0.25) is 19.6 Å². The third-order valence-electron chi connectivity index (χ3n) is 5.84. The topological polar surface area (TPSA) is 12.9 Å². The molecule has 1 aliphatic rings. The minimum absolute atomic E-state index is 0. The summed E-state index contributed by atoms with van der Waals surface area (Å²) >= 11 is 0. The van der Waals surface area contributed by atoms with Gasteiger partial charge in [0.15, 0.2) is 0 Å². The van der Waals surface area contributed by atoms with E-state index in [4.69, 9.17) is 9.10 Å². The maximum atomic E-state index is 8.13. The zero-order chi connectivity index (χ0) is 22.3. The first-order valence-electron chi connectivity index (χ1n) is 11.8. The maximum absolute atomic E-state index is 8.13. The van der Waals surface area contributed by atoms with E-state index in [1.54, 1.807) is 0 Å². The summed E-state index contributed by atoms with van der Waals surface area (Å²) in [5.74, 6) is 0.740. The van der Waals surface area contributed by atoms with E-state index in [0.29, 0.717) is 11.1 Å². The van der Waals surface area contributed by atoms with Crippen LogP contribution < -0.4 is 5.19 Å². The van der Waals surface area contributed by atoms with Gasteiger partial charge in [-0.25, -0.2) is 0 Å². The molecule has 2 aromatic rings. The summed E-state index contributed by atoms with van der Waals surface area (Å²) in [7, 11) is -1.54. The van der Waals surface area contributed by atoms with E-state index >= 15 is 0 Å². The molecule has 28 heavy (non-hydrogen) atoms. The number of rotatable bonds is 4. The first-order valence-corrected chi connectivity index (χ1v) is 13.8. The zero-order valence-electron chi connectivity index (χ0n) is 21.2. The molecule has 1 fully saturated rings. The number of hydrogen-bond donors (Lipinski definition) is 0. The summed E-state index contributed by atoms with van der Waals surface area (Å²) in [6, 6.07) is 9.25. The van der Waals surface area contributed by atoms with Crippen molar-refractivity contribution in [3.05, 3.63) is 47.2 Å². The van der Waals surface area contributed by atoms with Crippen LogP contribution in [-0.4, -0.2) is 13.1 Å². The molecule has 0 saturated heterocycles. The number of aryl methyl sites for hydroxylation is 1. The van der Waals surface area contributed by atoms with Crippen molar-refractivity contribution in [2.24, 2.45) is 5.92 Å². The van der Waals surface area contributed by atoms with Gasteiger partial charge in [0.25, 0.3) is 0 Å². The Labute approximate surface area is 191 Å². The Morgan fingerprint density at radius 2 is 1.86 bits per heavy atom. The van der Waals surface area contributed by atoms with E-state index in [1.807, 2.05) is 18.3 Å². The smallest absolute Gasteiger partial charge is 0.0798 e. The van der Waals surface area contributed by atoms with Crippen LogP contribution in [0.5, 0.6) is 0 Å². The van der Waals surface area contributed by atoms with Gasteiger partial charge in [0.1, 0.15) is 0 Å². The van der Waals surface area contributed by atoms with Crippen LogP contribution in [0.1, 0.15) is 67.3 Å². The Bertz CT molecular complexity index is 904. The van der Waals surface area contributed by atoms with Crippen molar-refractivity contribution in [3.8, 4) is 11.3 Å². The van der Waals surface area contributed by atoms with Gasteiger partial charge in [0, 0.05) is 30.4 Å². The largest absolute Gasteiger partial charge is 0.305 e. The van der Waals surface area contributed by atoms with Crippen molar-refractivity contribution in [1.82, 2.24) is 4.98 Å². The van der Waals surface area contributed by atoms with Gasteiger partial charge >= 0.3 is 0 Å². The Balaban J connectivity index is 0.00000341. The average molecular weight is 574 g/mol. The van der Waals surface area contributed by atoms with Gasteiger partial charge in [0.05, 0.1) is 8.07 Å². The van der Waals surface area contributed by atoms with E-state index in [1.165, 1.54) is 36.4 Å². The molecule has 1 radical (unpaired) electrons. The summed E-state index contributed by atoms with van der Waals surface area (Å²) in [5, 5.41) is 1.40. The van der Waals surface area contributed by atoms with Crippen LogP contribution in [0.25, 0.3) is 11.3 Å². The van der Waals surface area contributed by atoms with Crippen LogP contribution >= 0.6 is 0 Å². The number of aromatic nitrogens is 1. The van der Waals surface area contributed by atoms with Crippen LogP contribution in [0.15, 0.2) is 24.4 Å². The van der Waals surface area contributed by atoms with E-state index in [0.717, 1.165) is 23.6 Å². The Morgan fingerprint density at radius 3 is 2.43 bits per heavy atom. The summed E-state index contributed by atoms with van der Waals surface area (Å²) in [6.45, 7) is 11.2. The molecular weight excluding hydrogens is 535 g/mol. The molecule has 1 heterocycles. The zero-order valence-corrected chi connectivity index (χ0v) is 21.6. The van der Waals surface area contributed by atoms with E-state index in [2.05, 4.69) is 52.5 Å². The fourth-order valence-electron chi connectivity index (χ4n) is 4.15. The maximum Gasteiger partial charge on any atom is 0.0798 e. The van der Waals surface area contributed by atoms with Gasteiger partial charge in [-0.1, -0.05) is 84.6 Å². The molecule has 1 aliphatic carbocycles. The second kappa shape index (κ2) is 8.94. The summed E-state index contributed by atoms with van der Waals surface area (Å²) in [6.07, 6.45) is 8.37. The van der Waals surface area contributed by atoms with Crippen LogP contribution in [0.3, 0.4) is 0 Å². The molecule has 3 rings (SSSR count). The van der Waals surface area contributed by atoms with Gasteiger partial charge < -0.3 is 4.98 Å². The van der Waals surface area contributed by atoms with Crippen molar-refractivity contribution in [3.63, 3.8) is 0 Å². The predicted molar refractivity (Wildman–Crippen MR) is 121 cm³/mol. The molecular formula is C25H36IrNSi-. The third kappa shape index (κ3) is 5.43. The first kappa shape index (κ1) is 19.2. The Hall–Kier alpha value is -0.764. The molecule has 1 aromatic carbocycles. The molecule has 0 atom stereocenters. The molecule has 1 aromatic heterocycles. The quantitative estimate of drug-likeness (QED) is 0.303.